The van der Waals surface area contributed by atoms with Gasteiger partial charge < -0.3 is 0 Å². The molecule has 0 nitrogen and oxygen atoms in total. The molecule has 0 bridgehead atoms. The van der Waals surface area contributed by atoms with Crippen LogP contribution in [0.15, 0.2) is 18.2 Å². The quantitative estimate of drug-likeness (QED) is 0.471. The highest BCUT2D eigenvalue weighted by molar-refractivity contribution is 5.22. The van der Waals surface area contributed by atoms with E-state index in [0.29, 0.717) is 17.8 Å². The number of hydrogen-bond donors (Lipinski definition) is 0. The Bertz CT molecular complexity index is 582. The molecule has 0 aliphatic heterocycles. The molecule has 0 radical (unpaired) electrons. The molecule has 0 unspecified atom stereocenters. The van der Waals surface area contributed by atoms with E-state index < -0.39 is 17.6 Å². The van der Waals surface area contributed by atoms with E-state index in [0.717, 1.165) is 56.9 Å². The fraction of sp³-hybridized carbons (Fsp3) is 0.727. The highest BCUT2D eigenvalue weighted by atomic mass is 19.3. The van der Waals surface area contributed by atoms with Crippen molar-refractivity contribution < 1.29 is 17.6 Å². The van der Waals surface area contributed by atoms with Gasteiger partial charge in [0.15, 0.2) is 11.6 Å². The van der Waals surface area contributed by atoms with Crippen LogP contribution in [0.3, 0.4) is 0 Å². The lowest BCUT2D eigenvalue weighted by molar-refractivity contribution is -0.0342. The minimum absolute atomic E-state index is 0.0546. The van der Waals surface area contributed by atoms with Crippen molar-refractivity contribution in [3.05, 3.63) is 35.4 Å². The van der Waals surface area contributed by atoms with Gasteiger partial charge in [-0.1, -0.05) is 13.0 Å². The van der Waals surface area contributed by atoms with E-state index in [1.165, 1.54) is 12.1 Å². The van der Waals surface area contributed by atoms with Crippen LogP contribution in [0.4, 0.5) is 17.6 Å². The van der Waals surface area contributed by atoms with Gasteiger partial charge in [-0.3, -0.25) is 0 Å². The molecule has 2 aliphatic rings. The lowest BCUT2D eigenvalue weighted by Gasteiger charge is -2.38. The first-order valence-electron chi connectivity index (χ1n) is 10.2. The van der Waals surface area contributed by atoms with Crippen molar-refractivity contribution in [2.45, 2.75) is 83.0 Å². The van der Waals surface area contributed by atoms with E-state index in [1.807, 2.05) is 0 Å². The molecule has 2 saturated carbocycles. The van der Waals surface area contributed by atoms with Crippen LogP contribution < -0.4 is 0 Å². The first-order valence-corrected chi connectivity index (χ1v) is 10.2. The first-order chi connectivity index (χ1) is 12.4. The number of alkyl halides is 2. The summed E-state index contributed by atoms with van der Waals surface area (Å²) in [5.41, 5.74) is 0.910. The molecular formula is C22H30F4. The van der Waals surface area contributed by atoms with E-state index in [9.17, 15) is 17.6 Å². The summed E-state index contributed by atoms with van der Waals surface area (Å²) in [6.45, 7) is 1.57. The van der Waals surface area contributed by atoms with Crippen LogP contribution in [0.1, 0.15) is 82.6 Å². The summed E-state index contributed by atoms with van der Waals surface area (Å²) in [7, 11) is 0. The molecule has 2 fully saturated rings. The van der Waals surface area contributed by atoms with Crippen LogP contribution >= 0.6 is 0 Å². The van der Waals surface area contributed by atoms with Gasteiger partial charge in [0.25, 0.3) is 0 Å². The van der Waals surface area contributed by atoms with Crippen molar-refractivity contribution in [2.75, 3.05) is 0 Å². The van der Waals surface area contributed by atoms with Crippen molar-refractivity contribution in [1.82, 2.24) is 0 Å². The maximum Gasteiger partial charge on any atom is 0.248 e. The zero-order valence-corrected chi connectivity index (χ0v) is 15.6. The Hall–Kier alpha value is -1.06. The molecule has 3 rings (SSSR count). The molecule has 1 aromatic rings. The van der Waals surface area contributed by atoms with E-state index in [1.54, 1.807) is 13.0 Å². The Morgan fingerprint density at radius 1 is 0.846 bits per heavy atom. The Morgan fingerprint density at radius 2 is 1.42 bits per heavy atom. The Morgan fingerprint density at radius 3 is 1.96 bits per heavy atom. The number of benzene rings is 1. The van der Waals surface area contributed by atoms with Crippen molar-refractivity contribution >= 4 is 0 Å². The molecule has 0 spiro atoms. The number of halogens is 4. The molecule has 26 heavy (non-hydrogen) atoms. The van der Waals surface area contributed by atoms with Crippen LogP contribution in [-0.2, 0) is 0 Å². The smallest absolute Gasteiger partial charge is 0.207 e. The normalized spacial score (nSPS) is 30.3. The van der Waals surface area contributed by atoms with Crippen LogP contribution in [0.5, 0.6) is 0 Å². The second kappa shape index (κ2) is 8.31. The third-order valence-corrected chi connectivity index (χ3v) is 6.85. The number of hydrogen-bond acceptors (Lipinski definition) is 0. The van der Waals surface area contributed by atoms with Crippen LogP contribution in [0, 0.1) is 29.4 Å². The second-order valence-corrected chi connectivity index (χ2v) is 8.48. The predicted molar refractivity (Wildman–Crippen MR) is 96.4 cm³/mol. The predicted octanol–water partition coefficient (Wildman–Crippen LogP) is 7.48. The summed E-state index contributed by atoms with van der Waals surface area (Å²) in [6, 6.07) is 4.28. The van der Waals surface area contributed by atoms with E-state index in [-0.39, 0.29) is 18.8 Å². The molecule has 0 heterocycles. The topological polar surface area (TPSA) is 0 Å². The first kappa shape index (κ1) is 19.7. The summed E-state index contributed by atoms with van der Waals surface area (Å²) in [5, 5.41) is 0. The van der Waals surface area contributed by atoms with Gasteiger partial charge in [-0.05, 0) is 92.7 Å². The maximum atomic E-state index is 13.6. The largest absolute Gasteiger partial charge is 0.248 e. The Labute approximate surface area is 154 Å². The van der Waals surface area contributed by atoms with Gasteiger partial charge in [0.1, 0.15) is 0 Å². The third kappa shape index (κ3) is 4.80. The monoisotopic (exact) mass is 370 g/mol. The van der Waals surface area contributed by atoms with Gasteiger partial charge in [0.05, 0.1) is 0 Å². The van der Waals surface area contributed by atoms with Gasteiger partial charge >= 0.3 is 0 Å². The second-order valence-electron chi connectivity index (χ2n) is 8.48. The molecule has 2 aliphatic carbocycles. The lowest BCUT2D eigenvalue weighted by Crippen LogP contribution is -2.28. The molecule has 146 valence electrons. The molecule has 1 aromatic carbocycles. The van der Waals surface area contributed by atoms with Gasteiger partial charge in [-0.25, -0.2) is 17.6 Å². The molecule has 0 saturated heterocycles. The summed E-state index contributed by atoms with van der Waals surface area (Å²) < 4.78 is 53.8. The van der Waals surface area contributed by atoms with E-state index in [4.69, 9.17) is 0 Å². The maximum absolute atomic E-state index is 13.6. The zero-order valence-electron chi connectivity index (χ0n) is 15.6. The average molecular weight is 370 g/mol. The lowest BCUT2D eigenvalue weighted by atomic mass is 9.68. The molecule has 4 heteroatoms. The van der Waals surface area contributed by atoms with Crippen LogP contribution in [0.25, 0.3) is 0 Å². The SMILES string of the molecule is CCC(F)(F)CC1CCC(C2CCC(c3ccc(F)c(F)c3)CC2)CC1. The average Bonchev–Trinajstić information content (AvgIpc) is 2.64. The minimum Gasteiger partial charge on any atom is -0.207 e. The van der Waals surface area contributed by atoms with Crippen molar-refractivity contribution in [2.24, 2.45) is 17.8 Å². The molecule has 0 aromatic heterocycles. The molecule has 0 atom stereocenters. The van der Waals surface area contributed by atoms with Crippen LogP contribution in [0.2, 0.25) is 0 Å². The van der Waals surface area contributed by atoms with Crippen molar-refractivity contribution in [3.63, 3.8) is 0 Å². The molecule has 0 N–H and O–H groups in total. The van der Waals surface area contributed by atoms with Gasteiger partial charge in [-0.2, -0.15) is 0 Å². The van der Waals surface area contributed by atoms with E-state index in [2.05, 4.69) is 0 Å². The van der Waals surface area contributed by atoms with Crippen LogP contribution in [-0.4, -0.2) is 5.92 Å². The van der Waals surface area contributed by atoms with Gasteiger partial charge in [0, 0.05) is 12.8 Å². The van der Waals surface area contributed by atoms with Gasteiger partial charge in [-0.15, -0.1) is 0 Å². The van der Waals surface area contributed by atoms with Crippen molar-refractivity contribution in [1.29, 1.82) is 0 Å². The summed E-state index contributed by atoms with van der Waals surface area (Å²) in [5.74, 6) is -2.21. The fourth-order valence-electron chi connectivity index (χ4n) is 5.12. The third-order valence-electron chi connectivity index (χ3n) is 6.85. The highest BCUT2D eigenvalue weighted by Gasteiger charge is 2.35. The summed E-state index contributed by atoms with van der Waals surface area (Å²) in [6.07, 6.45) is 8.28. The van der Waals surface area contributed by atoms with E-state index >= 15 is 0 Å². The Balaban J connectivity index is 1.46. The standard InChI is InChI=1S/C22H30F4/c1-2-22(25,26)14-15-3-5-16(6-4-15)17-7-9-18(10-8-17)19-11-12-20(23)21(24)13-19/h11-13,15-18H,2-10,14H2,1H3. The fourth-order valence-corrected chi connectivity index (χ4v) is 5.12. The Kier molecular flexibility index (Phi) is 6.29. The summed E-state index contributed by atoms with van der Waals surface area (Å²) >= 11 is 0. The minimum atomic E-state index is -2.50. The number of rotatable bonds is 5. The zero-order chi connectivity index (χ0) is 18.7. The molecule has 0 amide bonds. The summed E-state index contributed by atoms with van der Waals surface area (Å²) in [4.78, 5) is 0. The molecular weight excluding hydrogens is 340 g/mol. The van der Waals surface area contributed by atoms with Crippen molar-refractivity contribution in [3.8, 4) is 0 Å². The van der Waals surface area contributed by atoms with Gasteiger partial charge in [0.2, 0.25) is 5.92 Å². The highest BCUT2D eigenvalue weighted by Crippen LogP contribution is 2.45.